The molecule has 0 amide bonds. The summed E-state index contributed by atoms with van der Waals surface area (Å²) in [6, 6.07) is 13.2. The molecular formula is C15H15N3O2S. The lowest BCUT2D eigenvalue weighted by molar-refractivity contribution is 0.598. The summed E-state index contributed by atoms with van der Waals surface area (Å²) in [5.74, 6) is 0.647. The Morgan fingerprint density at radius 3 is 2.62 bits per heavy atom. The summed E-state index contributed by atoms with van der Waals surface area (Å²) >= 11 is 0. The van der Waals surface area contributed by atoms with E-state index in [-0.39, 0.29) is 5.03 Å². The maximum Gasteiger partial charge on any atom is 0.278 e. The van der Waals surface area contributed by atoms with Gasteiger partial charge >= 0.3 is 0 Å². The summed E-state index contributed by atoms with van der Waals surface area (Å²) in [6.07, 6.45) is 1.99. The van der Waals surface area contributed by atoms with Gasteiger partial charge in [0.2, 0.25) is 0 Å². The van der Waals surface area contributed by atoms with Crippen LogP contribution in [0.15, 0.2) is 53.7 Å². The molecule has 0 bridgehead atoms. The molecule has 0 radical (unpaired) electrons. The summed E-state index contributed by atoms with van der Waals surface area (Å²) in [4.78, 5) is 6.82. The first-order valence-corrected chi connectivity index (χ1v) is 8.12. The molecule has 0 aliphatic carbocycles. The van der Waals surface area contributed by atoms with Crippen molar-refractivity contribution in [1.82, 2.24) is 9.97 Å². The molecule has 0 spiro atoms. The van der Waals surface area contributed by atoms with Gasteiger partial charge in [-0.1, -0.05) is 37.3 Å². The molecular weight excluding hydrogens is 286 g/mol. The van der Waals surface area contributed by atoms with E-state index >= 15 is 0 Å². The number of aromatic nitrogens is 2. The average molecular weight is 301 g/mol. The molecule has 1 aromatic heterocycles. The third kappa shape index (κ3) is 2.75. The maximum atomic E-state index is 12.3. The topological polar surface area (TPSA) is 74.8 Å². The van der Waals surface area contributed by atoms with Crippen molar-refractivity contribution in [2.45, 2.75) is 18.4 Å². The molecule has 21 heavy (non-hydrogen) atoms. The van der Waals surface area contributed by atoms with E-state index in [2.05, 4.69) is 14.7 Å². The zero-order valence-electron chi connectivity index (χ0n) is 11.5. The van der Waals surface area contributed by atoms with E-state index < -0.39 is 10.0 Å². The molecule has 0 atom stereocenters. The van der Waals surface area contributed by atoms with Gasteiger partial charge in [0.05, 0.1) is 6.20 Å². The van der Waals surface area contributed by atoms with Crippen LogP contribution in [0.1, 0.15) is 12.7 Å². The van der Waals surface area contributed by atoms with Crippen molar-refractivity contribution in [3.63, 3.8) is 0 Å². The molecule has 0 aliphatic heterocycles. The van der Waals surface area contributed by atoms with Crippen LogP contribution >= 0.6 is 0 Å². The second-order valence-corrected chi connectivity index (χ2v) is 6.37. The maximum absolute atomic E-state index is 12.3. The molecule has 1 heterocycles. The predicted molar refractivity (Wildman–Crippen MR) is 82.7 cm³/mol. The summed E-state index contributed by atoms with van der Waals surface area (Å²) < 4.78 is 27.1. The molecule has 0 aliphatic rings. The van der Waals surface area contributed by atoms with E-state index in [1.165, 1.54) is 6.20 Å². The monoisotopic (exact) mass is 301 g/mol. The number of nitrogens with one attached hydrogen (secondary N) is 2. The minimum atomic E-state index is -3.64. The summed E-state index contributed by atoms with van der Waals surface area (Å²) in [5.41, 5.74) is 0.529. The van der Waals surface area contributed by atoms with Gasteiger partial charge in [0, 0.05) is 12.1 Å². The highest BCUT2D eigenvalue weighted by atomic mass is 32.2. The highest BCUT2D eigenvalue weighted by Gasteiger charge is 2.17. The van der Waals surface area contributed by atoms with E-state index in [9.17, 15) is 8.42 Å². The fourth-order valence-corrected chi connectivity index (χ4v) is 3.11. The van der Waals surface area contributed by atoms with Crippen LogP contribution in [0.2, 0.25) is 0 Å². The lowest BCUT2D eigenvalue weighted by Crippen LogP contribution is -2.13. The van der Waals surface area contributed by atoms with Crippen molar-refractivity contribution < 1.29 is 8.42 Å². The Bertz CT molecular complexity index is 885. The molecule has 0 unspecified atom stereocenters. The number of hydrogen-bond donors (Lipinski definition) is 2. The van der Waals surface area contributed by atoms with Crippen LogP contribution in [-0.4, -0.2) is 18.4 Å². The summed E-state index contributed by atoms with van der Waals surface area (Å²) in [7, 11) is -3.64. The fraction of sp³-hybridized carbons (Fsp3) is 0.133. The fourth-order valence-electron chi connectivity index (χ4n) is 2.12. The van der Waals surface area contributed by atoms with Gasteiger partial charge in [-0.15, -0.1) is 0 Å². The van der Waals surface area contributed by atoms with Crippen molar-refractivity contribution in [3.8, 4) is 0 Å². The largest absolute Gasteiger partial charge is 0.332 e. The van der Waals surface area contributed by atoms with Crippen LogP contribution in [-0.2, 0) is 16.4 Å². The Hall–Kier alpha value is -2.34. The standard InChI is InChI=1S/C15H15N3O2S/c1-2-14-16-10-15(17-14)21(19,20)18-13-8-7-11-5-3-4-6-12(11)9-13/h3-10,18H,2H2,1H3,(H,16,17). The smallest absolute Gasteiger partial charge is 0.278 e. The number of rotatable bonds is 4. The number of anilines is 1. The molecule has 5 nitrogen and oxygen atoms in total. The number of sulfonamides is 1. The van der Waals surface area contributed by atoms with Crippen LogP contribution in [0.5, 0.6) is 0 Å². The molecule has 3 aromatic rings. The van der Waals surface area contributed by atoms with E-state index in [1.807, 2.05) is 43.3 Å². The molecule has 2 aromatic carbocycles. The number of benzene rings is 2. The lowest BCUT2D eigenvalue weighted by Gasteiger charge is -2.07. The van der Waals surface area contributed by atoms with E-state index in [0.717, 1.165) is 10.8 Å². The van der Waals surface area contributed by atoms with E-state index in [1.54, 1.807) is 6.07 Å². The quantitative estimate of drug-likeness (QED) is 0.778. The second-order valence-electron chi connectivity index (χ2n) is 4.72. The number of fused-ring (bicyclic) bond motifs is 1. The Balaban J connectivity index is 1.93. The first-order chi connectivity index (χ1) is 10.1. The van der Waals surface area contributed by atoms with Crippen molar-refractivity contribution in [3.05, 3.63) is 54.5 Å². The molecule has 3 rings (SSSR count). The number of H-pyrrole nitrogens is 1. The number of aryl methyl sites for hydroxylation is 1. The molecule has 0 fully saturated rings. The zero-order valence-corrected chi connectivity index (χ0v) is 12.3. The van der Waals surface area contributed by atoms with E-state index in [4.69, 9.17) is 0 Å². The molecule has 0 saturated carbocycles. The number of aromatic amines is 1. The van der Waals surface area contributed by atoms with Gasteiger partial charge in [-0.3, -0.25) is 4.72 Å². The van der Waals surface area contributed by atoms with Gasteiger partial charge < -0.3 is 4.98 Å². The van der Waals surface area contributed by atoms with Crippen LogP contribution < -0.4 is 4.72 Å². The van der Waals surface area contributed by atoms with Crippen LogP contribution in [0.4, 0.5) is 5.69 Å². The molecule has 6 heteroatoms. The minimum Gasteiger partial charge on any atom is -0.332 e. The second kappa shape index (κ2) is 5.21. The van der Waals surface area contributed by atoms with Gasteiger partial charge in [0.25, 0.3) is 10.0 Å². The van der Waals surface area contributed by atoms with Crippen molar-refractivity contribution >= 4 is 26.5 Å². The van der Waals surface area contributed by atoms with Crippen molar-refractivity contribution in [2.75, 3.05) is 4.72 Å². The highest BCUT2D eigenvalue weighted by Crippen LogP contribution is 2.21. The molecule has 2 N–H and O–H groups in total. The Morgan fingerprint density at radius 1 is 1.14 bits per heavy atom. The van der Waals surface area contributed by atoms with Gasteiger partial charge in [0.15, 0.2) is 5.03 Å². The lowest BCUT2D eigenvalue weighted by atomic mass is 10.1. The number of nitrogens with zero attached hydrogens (tertiary/aromatic N) is 1. The minimum absolute atomic E-state index is 0.0764. The first-order valence-electron chi connectivity index (χ1n) is 6.64. The summed E-state index contributed by atoms with van der Waals surface area (Å²) in [6.45, 7) is 1.91. The molecule has 108 valence electrons. The highest BCUT2D eigenvalue weighted by molar-refractivity contribution is 7.92. The normalized spacial score (nSPS) is 11.7. The number of hydrogen-bond acceptors (Lipinski definition) is 3. The first kappa shape index (κ1) is 13.6. The van der Waals surface area contributed by atoms with Crippen LogP contribution in [0.25, 0.3) is 10.8 Å². The zero-order chi connectivity index (χ0) is 14.9. The van der Waals surface area contributed by atoms with Crippen molar-refractivity contribution in [1.29, 1.82) is 0 Å². The third-order valence-corrected chi connectivity index (χ3v) is 4.52. The van der Waals surface area contributed by atoms with Crippen LogP contribution in [0.3, 0.4) is 0 Å². The van der Waals surface area contributed by atoms with Gasteiger partial charge in [0.1, 0.15) is 5.82 Å². The molecule has 0 saturated heterocycles. The van der Waals surface area contributed by atoms with Gasteiger partial charge in [-0.25, -0.2) is 4.98 Å². The Morgan fingerprint density at radius 2 is 1.90 bits per heavy atom. The van der Waals surface area contributed by atoms with Gasteiger partial charge in [-0.05, 0) is 22.9 Å². The predicted octanol–water partition coefficient (Wildman–Crippen LogP) is 2.93. The van der Waals surface area contributed by atoms with Gasteiger partial charge in [-0.2, -0.15) is 8.42 Å². The number of imidazole rings is 1. The van der Waals surface area contributed by atoms with E-state index in [0.29, 0.717) is 17.9 Å². The van der Waals surface area contributed by atoms with Crippen molar-refractivity contribution in [2.24, 2.45) is 0 Å². The Kier molecular flexibility index (Phi) is 3.39. The average Bonchev–Trinajstić information content (AvgIpc) is 2.96. The Labute approximate surface area is 123 Å². The van der Waals surface area contributed by atoms with Crippen LogP contribution in [0, 0.1) is 0 Å². The summed E-state index contributed by atoms with van der Waals surface area (Å²) in [5, 5.41) is 2.12. The third-order valence-electron chi connectivity index (χ3n) is 3.23. The SMILES string of the molecule is CCc1ncc(S(=O)(=O)Nc2ccc3ccccc3c2)[nH]1.